The zero-order valence-corrected chi connectivity index (χ0v) is 17.2. The van der Waals surface area contributed by atoms with E-state index >= 15 is 0 Å². The van der Waals surface area contributed by atoms with Crippen molar-refractivity contribution in [1.29, 1.82) is 0 Å². The molecule has 0 unspecified atom stereocenters. The van der Waals surface area contributed by atoms with Crippen LogP contribution in [0.2, 0.25) is 0 Å². The first-order chi connectivity index (χ1) is 14.6. The fourth-order valence-corrected chi connectivity index (χ4v) is 4.18. The minimum atomic E-state index is -1.02. The number of alkyl carbamates (subject to hydrolysis) is 1. The van der Waals surface area contributed by atoms with Crippen LogP contribution in [0.3, 0.4) is 0 Å². The Labute approximate surface area is 176 Å². The van der Waals surface area contributed by atoms with Crippen molar-refractivity contribution in [1.82, 2.24) is 5.32 Å². The molecule has 1 heterocycles. The molecule has 0 radical (unpaired) electrons. The van der Waals surface area contributed by atoms with Crippen LogP contribution in [0.1, 0.15) is 48.8 Å². The maximum absolute atomic E-state index is 12.9. The number of nitrogens with zero attached hydrogens (tertiary/aromatic N) is 1. The first kappa shape index (κ1) is 20.1. The van der Waals surface area contributed by atoms with Crippen molar-refractivity contribution in [3.05, 3.63) is 65.2 Å². The number of hydrogen-bond acceptors (Lipinski definition) is 4. The number of anilines is 1. The van der Waals surface area contributed by atoms with Gasteiger partial charge in [0.1, 0.15) is 6.61 Å². The minimum Gasteiger partial charge on any atom is -0.445 e. The zero-order chi connectivity index (χ0) is 20.9. The van der Waals surface area contributed by atoms with E-state index in [1.165, 1.54) is 6.42 Å². The molecule has 0 saturated heterocycles. The fraction of sp³-hybridized carbons (Fsp3) is 0.375. The topological polar surface area (TPSA) is 79.8 Å². The molecular weight excluding hydrogens is 378 g/mol. The van der Waals surface area contributed by atoms with Gasteiger partial charge in [-0.1, -0.05) is 67.8 Å². The average Bonchev–Trinajstić information content (AvgIpc) is 2.91. The Morgan fingerprint density at radius 3 is 2.63 bits per heavy atom. The first-order valence-corrected chi connectivity index (χ1v) is 10.6. The van der Waals surface area contributed by atoms with Crippen LogP contribution < -0.4 is 10.6 Å². The van der Waals surface area contributed by atoms with Crippen molar-refractivity contribution in [3.8, 4) is 0 Å². The Morgan fingerprint density at radius 2 is 1.87 bits per heavy atom. The highest BCUT2D eigenvalue weighted by molar-refractivity contribution is 6.13. The van der Waals surface area contributed by atoms with Crippen LogP contribution in [0.15, 0.2) is 53.5 Å². The van der Waals surface area contributed by atoms with E-state index in [1.54, 1.807) is 0 Å². The van der Waals surface area contributed by atoms with Crippen LogP contribution in [0.5, 0.6) is 0 Å². The lowest BCUT2D eigenvalue weighted by atomic mass is 9.82. The fourth-order valence-electron chi connectivity index (χ4n) is 4.18. The number of ether oxygens (including phenoxy) is 1. The number of aryl methyl sites for hydroxylation is 1. The van der Waals surface area contributed by atoms with E-state index in [0.717, 1.165) is 53.8 Å². The molecule has 156 valence electrons. The number of nitrogens with one attached hydrogen (secondary N) is 2. The molecule has 2 aliphatic rings. The lowest BCUT2D eigenvalue weighted by Crippen LogP contribution is -2.42. The summed E-state index contributed by atoms with van der Waals surface area (Å²) >= 11 is 0. The summed E-state index contributed by atoms with van der Waals surface area (Å²) in [6, 6.07) is 15.4. The number of benzene rings is 2. The van der Waals surface area contributed by atoms with Crippen LogP contribution >= 0.6 is 0 Å². The van der Waals surface area contributed by atoms with Gasteiger partial charge in [-0.15, -0.1) is 0 Å². The monoisotopic (exact) mass is 405 g/mol. The molecule has 0 bridgehead atoms. The maximum Gasteiger partial charge on any atom is 0.409 e. The van der Waals surface area contributed by atoms with Crippen molar-refractivity contribution < 1.29 is 14.3 Å². The van der Waals surface area contributed by atoms with Crippen molar-refractivity contribution in [2.24, 2.45) is 10.9 Å². The molecule has 1 saturated carbocycles. The number of fused-ring (bicyclic) bond motifs is 1. The number of hydrogen-bond donors (Lipinski definition) is 2. The number of carbonyl (C=O) groups excluding carboxylic acids is 2. The molecule has 2 N–H and O–H groups in total. The summed E-state index contributed by atoms with van der Waals surface area (Å²) in [5.74, 6) is -0.0651. The van der Waals surface area contributed by atoms with Gasteiger partial charge in [0.15, 0.2) is 0 Å². The molecule has 1 fully saturated rings. The van der Waals surface area contributed by atoms with E-state index in [1.807, 2.05) is 55.5 Å². The van der Waals surface area contributed by atoms with Crippen LogP contribution in [-0.4, -0.2) is 23.9 Å². The summed E-state index contributed by atoms with van der Waals surface area (Å²) in [7, 11) is 0. The van der Waals surface area contributed by atoms with E-state index in [4.69, 9.17) is 9.73 Å². The second-order valence-corrected chi connectivity index (χ2v) is 7.94. The third-order valence-electron chi connectivity index (χ3n) is 5.77. The molecule has 2 aromatic rings. The quantitative estimate of drug-likeness (QED) is 0.782. The molecule has 2 aromatic carbocycles. The van der Waals surface area contributed by atoms with Crippen LogP contribution in [0.4, 0.5) is 10.5 Å². The number of para-hydroxylation sites is 1. The summed E-state index contributed by atoms with van der Waals surface area (Å²) in [6.45, 7) is 2.11. The lowest BCUT2D eigenvalue weighted by Gasteiger charge is -2.24. The number of amides is 2. The molecule has 2 amide bonds. The summed E-state index contributed by atoms with van der Waals surface area (Å²) in [6.07, 6.45) is 3.96. The first-order valence-electron chi connectivity index (χ1n) is 10.6. The van der Waals surface area contributed by atoms with E-state index < -0.39 is 12.3 Å². The van der Waals surface area contributed by atoms with Crippen molar-refractivity contribution >= 4 is 23.4 Å². The summed E-state index contributed by atoms with van der Waals surface area (Å²) < 4.78 is 5.30. The normalized spacial score (nSPS) is 19.2. The van der Waals surface area contributed by atoms with E-state index in [2.05, 4.69) is 10.6 Å². The van der Waals surface area contributed by atoms with E-state index in [-0.39, 0.29) is 18.4 Å². The second-order valence-electron chi connectivity index (χ2n) is 7.94. The predicted octanol–water partition coefficient (Wildman–Crippen LogP) is 4.57. The number of benzodiazepines with no additional fused rings is 1. The zero-order valence-electron chi connectivity index (χ0n) is 17.2. The summed E-state index contributed by atoms with van der Waals surface area (Å²) in [5.41, 5.74) is 4.51. The van der Waals surface area contributed by atoms with Gasteiger partial charge in [0.2, 0.25) is 6.17 Å². The predicted molar refractivity (Wildman–Crippen MR) is 116 cm³/mol. The summed E-state index contributed by atoms with van der Waals surface area (Å²) in [5, 5.41) is 5.61. The van der Waals surface area contributed by atoms with E-state index in [0.29, 0.717) is 0 Å². The molecule has 4 rings (SSSR count). The van der Waals surface area contributed by atoms with Gasteiger partial charge < -0.3 is 10.1 Å². The Balaban J connectivity index is 1.56. The van der Waals surface area contributed by atoms with Gasteiger partial charge in [-0.05, 0) is 30.9 Å². The number of rotatable bonds is 4. The standard InChI is InChI=1S/C24H27N3O3/c1-16-9-8-14-19-20(16)26-23(28)22(25-21(19)18-12-6-3-7-13-18)27-24(29)30-15-17-10-4-2-5-11-17/h2,4-5,8-11,14,18,22H,3,6-7,12-13,15H2,1H3,(H,26,28)(H,27,29)/t22-/m1/s1. The molecular formula is C24H27N3O3. The Hall–Kier alpha value is -3.15. The Morgan fingerprint density at radius 1 is 1.10 bits per heavy atom. The highest BCUT2D eigenvalue weighted by Crippen LogP contribution is 2.33. The summed E-state index contributed by atoms with van der Waals surface area (Å²) in [4.78, 5) is 30.0. The lowest BCUT2D eigenvalue weighted by molar-refractivity contribution is -0.117. The number of aliphatic imine (C=N–C) groups is 1. The molecule has 6 nitrogen and oxygen atoms in total. The van der Waals surface area contributed by atoms with Gasteiger partial charge >= 0.3 is 6.09 Å². The highest BCUT2D eigenvalue weighted by Gasteiger charge is 2.31. The molecule has 0 spiro atoms. The number of carbonyl (C=O) groups is 2. The molecule has 6 heteroatoms. The molecule has 30 heavy (non-hydrogen) atoms. The molecule has 1 atom stereocenters. The van der Waals surface area contributed by atoms with Gasteiger partial charge in [-0.2, -0.15) is 0 Å². The SMILES string of the molecule is Cc1cccc2c1NC(=O)[C@@H](NC(=O)OCc1ccccc1)N=C2C1CCCCC1. The van der Waals surface area contributed by atoms with Crippen molar-refractivity contribution in [3.63, 3.8) is 0 Å². The van der Waals surface area contributed by atoms with Crippen LogP contribution in [-0.2, 0) is 16.1 Å². The van der Waals surface area contributed by atoms with Gasteiger partial charge in [-0.25, -0.2) is 4.79 Å². The van der Waals surface area contributed by atoms with Gasteiger partial charge in [0.25, 0.3) is 5.91 Å². The smallest absolute Gasteiger partial charge is 0.409 e. The van der Waals surface area contributed by atoms with Crippen LogP contribution in [0, 0.1) is 12.8 Å². The van der Waals surface area contributed by atoms with E-state index in [9.17, 15) is 9.59 Å². The largest absolute Gasteiger partial charge is 0.445 e. The molecule has 1 aliphatic heterocycles. The third-order valence-corrected chi connectivity index (χ3v) is 5.77. The second kappa shape index (κ2) is 9.11. The highest BCUT2D eigenvalue weighted by atomic mass is 16.5. The molecule has 0 aromatic heterocycles. The minimum absolute atomic E-state index is 0.138. The average molecular weight is 405 g/mol. The third kappa shape index (κ3) is 4.53. The van der Waals surface area contributed by atoms with Gasteiger partial charge in [-0.3, -0.25) is 15.1 Å². The maximum atomic E-state index is 12.9. The van der Waals surface area contributed by atoms with Gasteiger partial charge in [0.05, 0.1) is 11.4 Å². The Kier molecular flexibility index (Phi) is 6.12. The Bertz CT molecular complexity index is 949. The van der Waals surface area contributed by atoms with Gasteiger partial charge in [0, 0.05) is 11.5 Å². The molecule has 1 aliphatic carbocycles. The van der Waals surface area contributed by atoms with Crippen molar-refractivity contribution in [2.45, 2.75) is 51.8 Å². The van der Waals surface area contributed by atoms with Crippen LogP contribution in [0.25, 0.3) is 0 Å². The van der Waals surface area contributed by atoms with Crippen molar-refractivity contribution in [2.75, 3.05) is 5.32 Å².